The molecule has 2 aliphatic rings. The lowest BCUT2D eigenvalue weighted by molar-refractivity contribution is 0.552. The highest BCUT2D eigenvalue weighted by molar-refractivity contribution is 7.89. The van der Waals surface area contributed by atoms with Crippen molar-refractivity contribution in [1.29, 1.82) is 0 Å². The molecule has 0 aromatic heterocycles. The first-order valence-corrected chi connectivity index (χ1v) is 8.45. The molecule has 0 spiro atoms. The molecule has 4 nitrogen and oxygen atoms in total. The van der Waals surface area contributed by atoms with Crippen LogP contribution in [0.2, 0.25) is 0 Å². The number of hydrogen-bond donors (Lipinski definition) is 2. The fourth-order valence-electron chi connectivity index (χ4n) is 3.11. The van der Waals surface area contributed by atoms with Gasteiger partial charge in [0.25, 0.3) is 0 Å². The average molecular weight is 280 g/mol. The molecule has 1 saturated carbocycles. The summed E-state index contributed by atoms with van der Waals surface area (Å²) in [5.74, 6) is 0. The summed E-state index contributed by atoms with van der Waals surface area (Å²) in [6, 6.07) is 5.45. The Morgan fingerprint density at radius 3 is 2.63 bits per heavy atom. The maximum absolute atomic E-state index is 12.3. The molecule has 1 aromatic carbocycles. The van der Waals surface area contributed by atoms with E-state index >= 15 is 0 Å². The summed E-state index contributed by atoms with van der Waals surface area (Å²) in [6.45, 7) is 0. The molecule has 3 N–H and O–H groups in total. The Morgan fingerprint density at radius 2 is 1.89 bits per heavy atom. The van der Waals surface area contributed by atoms with E-state index in [1.54, 1.807) is 12.1 Å². The van der Waals surface area contributed by atoms with E-state index in [9.17, 15) is 8.42 Å². The molecule has 0 amide bonds. The van der Waals surface area contributed by atoms with Gasteiger partial charge in [-0.15, -0.1) is 0 Å². The Balaban J connectivity index is 1.87. The van der Waals surface area contributed by atoms with Crippen LogP contribution in [-0.2, 0) is 16.4 Å². The lowest BCUT2D eigenvalue weighted by Crippen LogP contribution is -2.32. The minimum Gasteiger partial charge on any atom is -0.324 e. The zero-order valence-electron chi connectivity index (χ0n) is 10.9. The van der Waals surface area contributed by atoms with E-state index in [4.69, 9.17) is 5.73 Å². The van der Waals surface area contributed by atoms with Crippen LogP contribution in [0.25, 0.3) is 0 Å². The molecule has 0 heterocycles. The van der Waals surface area contributed by atoms with Crippen LogP contribution in [0.5, 0.6) is 0 Å². The Kier molecular flexibility index (Phi) is 3.37. The number of fused-ring (bicyclic) bond motifs is 1. The van der Waals surface area contributed by atoms with Crippen molar-refractivity contribution in [2.45, 2.75) is 55.5 Å². The third-order valence-electron chi connectivity index (χ3n) is 4.23. The zero-order chi connectivity index (χ0) is 13.5. The second kappa shape index (κ2) is 4.89. The minimum absolute atomic E-state index is 0.0170. The number of sulfonamides is 1. The predicted octanol–water partition coefficient (Wildman–Crippen LogP) is 1.85. The minimum atomic E-state index is -3.39. The molecule has 2 aliphatic carbocycles. The molecule has 19 heavy (non-hydrogen) atoms. The van der Waals surface area contributed by atoms with Gasteiger partial charge in [0.15, 0.2) is 0 Å². The van der Waals surface area contributed by atoms with Gasteiger partial charge in [0.05, 0.1) is 4.90 Å². The molecule has 5 heteroatoms. The molecule has 104 valence electrons. The van der Waals surface area contributed by atoms with Gasteiger partial charge in [-0.25, -0.2) is 13.1 Å². The van der Waals surface area contributed by atoms with Gasteiger partial charge in [0.1, 0.15) is 0 Å². The topological polar surface area (TPSA) is 72.2 Å². The van der Waals surface area contributed by atoms with E-state index in [-0.39, 0.29) is 12.1 Å². The van der Waals surface area contributed by atoms with Gasteiger partial charge >= 0.3 is 0 Å². The number of nitrogens with two attached hydrogens (primary N) is 1. The van der Waals surface area contributed by atoms with Crippen molar-refractivity contribution in [3.63, 3.8) is 0 Å². The first kappa shape index (κ1) is 13.1. The van der Waals surface area contributed by atoms with Crippen LogP contribution in [0.4, 0.5) is 0 Å². The summed E-state index contributed by atoms with van der Waals surface area (Å²) in [7, 11) is -3.39. The lowest BCUT2D eigenvalue weighted by atomic mass is 10.1. The van der Waals surface area contributed by atoms with Crippen LogP contribution in [0.1, 0.15) is 49.3 Å². The van der Waals surface area contributed by atoms with Crippen LogP contribution < -0.4 is 10.5 Å². The van der Waals surface area contributed by atoms with E-state index in [1.807, 2.05) is 6.07 Å². The van der Waals surface area contributed by atoms with Crippen LogP contribution in [0, 0.1) is 0 Å². The lowest BCUT2D eigenvalue weighted by Gasteiger charge is -2.14. The molecule has 0 aliphatic heterocycles. The fraction of sp³-hybridized carbons (Fsp3) is 0.571. The molecule has 1 atom stereocenters. The highest BCUT2D eigenvalue weighted by Gasteiger charge is 2.25. The van der Waals surface area contributed by atoms with Crippen molar-refractivity contribution >= 4 is 10.0 Å². The summed E-state index contributed by atoms with van der Waals surface area (Å²) < 4.78 is 27.5. The maximum Gasteiger partial charge on any atom is 0.240 e. The van der Waals surface area contributed by atoms with Gasteiger partial charge in [-0.2, -0.15) is 0 Å². The van der Waals surface area contributed by atoms with Gasteiger partial charge in [-0.3, -0.25) is 0 Å². The van der Waals surface area contributed by atoms with Crippen molar-refractivity contribution in [1.82, 2.24) is 4.72 Å². The second-order valence-electron chi connectivity index (χ2n) is 5.61. The van der Waals surface area contributed by atoms with E-state index in [0.29, 0.717) is 4.90 Å². The summed E-state index contributed by atoms with van der Waals surface area (Å²) in [4.78, 5) is 0.357. The van der Waals surface area contributed by atoms with Gasteiger partial charge < -0.3 is 5.73 Å². The maximum atomic E-state index is 12.3. The Labute approximate surface area is 114 Å². The summed E-state index contributed by atoms with van der Waals surface area (Å²) >= 11 is 0. The highest BCUT2D eigenvalue weighted by Crippen LogP contribution is 2.31. The van der Waals surface area contributed by atoms with E-state index in [2.05, 4.69) is 4.72 Å². The Bertz CT molecular complexity index is 577. The van der Waals surface area contributed by atoms with Crippen molar-refractivity contribution in [3.05, 3.63) is 29.3 Å². The molecule has 0 bridgehead atoms. The van der Waals surface area contributed by atoms with Crippen LogP contribution in [0.3, 0.4) is 0 Å². The molecular formula is C14H20N2O2S. The molecule has 0 unspecified atom stereocenters. The molecule has 1 aromatic rings. The number of benzene rings is 1. The molecule has 0 saturated heterocycles. The van der Waals surface area contributed by atoms with Crippen LogP contribution in [-0.4, -0.2) is 14.5 Å². The largest absolute Gasteiger partial charge is 0.324 e. The van der Waals surface area contributed by atoms with Gasteiger partial charge in [-0.05, 0) is 48.9 Å². The van der Waals surface area contributed by atoms with Crippen LogP contribution >= 0.6 is 0 Å². The third kappa shape index (κ3) is 2.55. The van der Waals surface area contributed by atoms with Gasteiger partial charge in [0.2, 0.25) is 10.0 Å². The quantitative estimate of drug-likeness (QED) is 0.887. The van der Waals surface area contributed by atoms with E-state index in [1.165, 1.54) is 5.56 Å². The first-order valence-electron chi connectivity index (χ1n) is 6.97. The highest BCUT2D eigenvalue weighted by atomic mass is 32.2. The predicted molar refractivity (Wildman–Crippen MR) is 74.3 cm³/mol. The molecule has 0 radical (unpaired) electrons. The molecule has 3 rings (SSSR count). The molecule has 1 fully saturated rings. The standard InChI is InChI=1S/C14H20N2O2S/c15-14-8-6-10-5-7-12(9-13(10)14)19(17,18)16-11-3-1-2-4-11/h5,7,9,11,14,16H,1-4,6,8,15H2/t14-/m0/s1. The normalized spacial score (nSPS) is 23.7. The monoisotopic (exact) mass is 280 g/mol. The SMILES string of the molecule is N[C@H]1CCc2ccc(S(=O)(=O)NC3CCCC3)cc21. The number of nitrogens with one attached hydrogen (secondary N) is 1. The number of hydrogen-bond acceptors (Lipinski definition) is 3. The third-order valence-corrected chi connectivity index (χ3v) is 5.75. The average Bonchev–Trinajstić information content (AvgIpc) is 2.99. The summed E-state index contributed by atoms with van der Waals surface area (Å²) in [6.07, 6.45) is 5.99. The van der Waals surface area contributed by atoms with Gasteiger partial charge in [0, 0.05) is 12.1 Å². The second-order valence-corrected chi connectivity index (χ2v) is 7.32. The Hall–Kier alpha value is -0.910. The first-order chi connectivity index (χ1) is 9.06. The van der Waals surface area contributed by atoms with Crippen molar-refractivity contribution < 1.29 is 8.42 Å². The molecular weight excluding hydrogens is 260 g/mol. The van der Waals surface area contributed by atoms with Crippen LogP contribution in [0.15, 0.2) is 23.1 Å². The van der Waals surface area contributed by atoms with Gasteiger partial charge in [-0.1, -0.05) is 18.9 Å². The van der Waals surface area contributed by atoms with Crippen molar-refractivity contribution in [3.8, 4) is 0 Å². The summed E-state index contributed by atoms with van der Waals surface area (Å²) in [5.41, 5.74) is 8.19. The Morgan fingerprint density at radius 1 is 1.16 bits per heavy atom. The van der Waals surface area contributed by atoms with Crippen molar-refractivity contribution in [2.24, 2.45) is 5.73 Å². The smallest absolute Gasteiger partial charge is 0.240 e. The fourth-order valence-corrected chi connectivity index (χ4v) is 4.45. The zero-order valence-corrected chi connectivity index (χ0v) is 11.7. The number of rotatable bonds is 3. The van der Waals surface area contributed by atoms with E-state index in [0.717, 1.165) is 44.1 Å². The van der Waals surface area contributed by atoms with Crippen molar-refractivity contribution in [2.75, 3.05) is 0 Å². The number of aryl methyl sites for hydroxylation is 1. The van der Waals surface area contributed by atoms with E-state index < -0.39 is 10.0 Å². The summed E-state index contributed by atoms with van der Waals surface area (Å²) in [5, 5.41) is 0.